The average molecular weight is 356 g/mol. The molecule has 25 heavy (non-hydrogen) atoms. The van der Waals surface area contributed by atoms with E-state index in [9.17, 15) is 9.59 Å². The molecule has 0 spiro atoms. The van der Waals surface area contributed by atoms with Crippen molar-refractivity contribution in [2.75, 3.05) is 23.4 Å². The number of thioether (sulfide) groups is 1. The molecule has 0 bridgehead atoms. The van der Waals surface area contributed by atoms with Gasteiger partial charge in [-0.1, -0.05) is 43.8 Å². The van der Waals surface area contributed by atoms with Crippen LogP contribution in [0.1, 0.15) is 19.4 Å². The molecule has 1 aliphatic rings. The van der Waals surface area contributed by atoms with Crippen molar-refractivity contribution in [2.24, 2.45) is 0 Å². The fourth-order valence-corrected chi connectivity index (χ4v) is 3.82. The first kappa shape index (κ1) is 17.3. The Morgan fingerprint density at radius 3 is 2.80 bits per heavy atom. The first-order chi connectivity index (χ1) is 11.8. The number of anilines is 2. The van der Waals surface area contributed by atoms with Crippen molar-refractivity contribution in [3.05, 3.63) is 58.0 Å². The molecule has 0 aliphatic carbocycles. The third kappa shape index (κ3) is 3.32. The largest absolute Gasteiger partial charge is 0.383 e. The minimum atomic E-state index is -0.326. The lowest BCUT2D eigenvalue weighted by atomic mass is 9.83. The van der Waals surface area contributed by atoms with Crippen LogP contribution < -0.4 is 16.2 Å². The van der Waals surface area contributed by atoms with Crippen molar-refractivity contribution in [3.63, 3.8) is 0 Å². The van der Waals surface area contributed by atoms with Crippen LogP contribution in [0.15, 0.2) is 52.1 Å². The summed E-state index contributed by atoms with van der Waals surface area (Å²) in [6, 6.07) is 9.36. The topological polar surface area (TPSA) is 92.1 Å². The van der Waals surface area contributed by atoms with Crippen molar-refractivity contribution < 1.29 is 4.79 Å². The molecule has 2 aromatic rings. The highest BCUT2D eigenvalue weighted by Crippen LogP contribution is 2.46. The molecule has 2 heterocycles. The predicted molar refractivity (Wildman–Crippen MR) is 101 cm³/mol. The number of benzene rings is 1. The Bertz CT molecular complexity index is 917. The third-order valence-electron chi connectivity index (χ3n) is 4.33. The van der Waals surface area contributed by atoms with Gasteiger partial charge in [0.25, 0.3) is 5.56 Å². The summed E-state index contributed by atoms with van der Waals surface area (Å²) in [5, 5.41) is 0.346. The molecule has 0 radical (unpaired) electrons. The Morgan fingerprint density at radius 2 is 2.12 bits per heavy atom. The highest BCUT2D eigenvalue weighted by atomic mass is 32.2. The number of nitrogens with zero attached hydrogens (tertiary/aromatic N) is 2. The van der Waals surface area contributed by atoms with Gasteiger partial charge in [0.05, 0.1) is 5.75 Å². The van der Waals surface area contributed by atoms with Gasteiger partial charge in [0.15, 0.2) is 10.9 Å². The summed E-state index contributed by atoms with van der Waals surface area (Å²) in [4.78, 5) is 32.5. The first-order valence-corrected chi connectivity index (χ1v) is 8.85. The van der Waals surface area contributed by atoms with Crippen LogP contribution in [0.5, 0.6) is 0 Å². The van der Waals surface area contributed by atoms with Gasteiger partial charge in [-0.2, -0.15) is 0 Å². The molecule has 1 aromatic carbocycles. The van der Waals surface area contributed by atoms with Crippen molar-refractivity contribution >= 4 is 29.1 Å². The number of allylic oxidation sites excluding steroid dienone is 2. The highest BCUT2D eigenvalue weighted by Gasteiger charge is 2.38. The molecule has 7 heteroatoms. The molecule has 0 saturated heterocycles. The first-order valence-electron chi connectivity index (χ1n) is 7.87. The van der Waals surface area contributed by atoms with E-state index in [1.54, 1.807) is 6.08 Å². The zero-order chi connectivity index (χ0) is 18.2. The zero-order valence-corrected chi connectivity index (χ0v) is 15.2. The maximum Gasteiger partial charge on any atom is 0.253 e. The summed E-state index contributed by atoms with van der Waals surface area (Å²) in [6.45, 7) is 4.22. The number of carbonyl (C=O) groups is 1. The highest BCUT2D eigenvalue weighted by molar-refractivity contribution is 7.99. The second kappa shape index (κ2) is 6.40. The standard InChI is InChI=1S/C18H20N4O2S/c1-18(2)12-6-4-5-7-13(12)22(3)14(18)8-11(23)10-25-17-20-15(19)9-16(24)21-17/h4-9H,10H2,1-3H3,(H3,19,20,21,24)/b14-8+. The van der Waals surface area contributed by atoms with E-state index >= 15 is 0 Å². The normalized spacial score (nSPS) is 16.9. The van der Waals surface area contributed by atoms with Crippen LogP contribution in [0.25, 0.3) is 0 Å². The lowest BCUT2D eigenvalue weighted by Gasteiger charge is -2.23. The number of para-hydroxylation sites is 1. The Morgan fingerprint density at radius 1 is 1.40 bits per heavy atom. The van der Waals surface area contributed by atoms with E-state index in [1.165, 1.54) is 23.4 Å². The van der Waals surface area contributed by atoms with Gasteiger partial charge in [-0.15, -0.1) is 0 Å². The Kier molecular flexibility index (Phi) is 4.43. The van der Waals surface area contributed by atoms with E-state index in [1.807, 2.05) is 19.2 Å². The molecule has 130 valence electrons. The summed E-state index contributed by atoms with van der Waals surface area (Å²) in [5.41, 5.74) is 8.25. The molecule has 3 rings (SSSR count). The van der Waals surface area contributed by atoms with Crippen molar-refractivity contribution in [3.8, 4) is 0 Å². The number of nitrogen functional groups attached to an aromatic ring is 1. The summed E-state index contributed by atoms with van der Waals surface area (Å²) in [5.74, 6) is 0.276. The molecule has 0 fully saturated rings. The summed E-state index contributed by atoms with van der Waals surface area (Å²) in [6.07, 6.45) is 1.68. The molecule has 0 saturated carbocycles. The van der Waals surface area contributed by atoms with E-state index in [2.05, 4.69) is 40.8 Å². The van der Waals surface area contributed by atoms with E-state index in [4.69, 9.17) is 5.73 Å². The van der Waals surface area contributed by atoms with Gasteiger partial charge >= 0.3 is 0 Å². The molecule has 6 nitrogen and oxygen atoms in total. The van der Waals surface area contributed by atoms with E-state index in [0.717, 1.165) is 11.4 Å². The van der Waals surface area contributed by atoms with Crippen molar-refractivity contribution in [1.29, 1.82) is 0 Å². The van der Waals surface area contributed by atoms with Crippen LogP contribution in [-0.4, -0.2) is 28.6 Å². The van der Waals surface area contributed by atoms with Crippen LogP contribution >= 0.6 is 11.8 Å². The fourth-order valence-electron chi connectivity index (χ4n) is 3.11. The Balaban J connectivity index is 1.79. The van der Waals surface area contributed by atoms with Gasteiger partial charge in [-0.25, -0.2) is 4.98 Å². The number of ketones is 1. The molecule has 0 atom stereocenters. The van der Waals surface area contributed by atoms with Crippen LogP contribution in [0, 0.1) is 0 Å². The maximum absolute atomic E-state index is 12.5. The number of carbonyl (C=O) groups excluding carboxylic acids is 1. The number of nitrogens with two attached hydrogens (primary N) is 1. The van der Waals surface area contributed by atoms with Crippen LogP contribution in [0.4, 0.5) is 11.5 Å². The number of aromatic nitrogens is 2. The van der Waals surface area contributed by atoms with Crippen molar-refractivity contribution in [2.45, 2.75) is 24.4 Å². The second-order valence-corrected chi connectivity index (χ2v) is 7.43. The number of hydrogen-bond donors (Lipinski definition) is 2. The quantitative estimate of drug-likeness (QED) is 0.496. The van der Waals surface area contributed by atoms with Gasteiger partial charge in [0.1, 0.15) is 5.82 Å². The average Bonchev–Trinajstić information content (AvgIpc) is 2.74. The van der Waals surface area contributed by atoms with Gasteiger partial charge in [-0.05, 0) is 11.6 Å². The zero-order valence-electron chi connectivity index (χ0n) is 14.4. The second-order valence-electron chi connectivity index (χ2n) is 6.46. The van der Waals surface area contributed by atoms with E-state index < -0.39 is 0 Å². The molecule has 1 aliphatic heterocycles. The smallest absolute Gasteiger partial charge is 0.253 e. The number of rotatable bonds is 4. The summed E-state index contributed by atoms with van der Waals surface area (Å²) in [7, 11) is 1.97. The van der Waals surface area contributed by atoms with Gasteiger partial charge in [-0.3, -0.25) is 9.59 Å². The number of aromatic amines is 1. The number of H-pyrrole nitrogens is 1. The minimum absolute atomic E-state index is 0.0437. The monoisotopic (exact) mass is 356 g/mol. The van der Waals surface area contributed by atoms with Crippen LogP contribution in [0.3, 0.4) is 0 Å². The van der Waals surface area contributed by atoms with Crippen LogP contribution in [0.2, 0.25) is 0 Å². The lowest BCUT2D eigenvalue weighted by Crippen LogP contribution is -2.24. The van der Waals surface area contributed by atoms with Gasteiger partial charge < -0.3 is 15.6 Å². The van der Waals surface area contributed by atoms with E-state index in [-0.39, 0.29) is 28.3 Å². The fraction of sp³-hybridized carbons (Fsp3) is 0.278. The Hall–Kier alpha value is -2.54. The number of hydrogen-bond acceptors (Lipinski definition) is 6. The third-order valence-corrected chi connectivity index (χ3v) is 5.22. The SMILES string of the molecule is CN1/C(=C/C(=O)CSc2nc(N)cc(=O)[nH]2)C(C)(C)c2ccccc21. The van der Waals surface area contributed by atoms with Crippen molar-refractivity contribution in [1.82, 2.24) is 9.97 Å². The number of nitrogens with one attached hydrogen (secondary N) is 1. The molecule has 3 N–H and O–H groups in total. The minimum Gasteiger partial charge on any atom is -0.383 e. The molecular formula is C18H20N4O2S. The number of fused-ring (bicyclic) bond motifs is 1. The number of likely N-dealkylation sites (N-methyl/N-ethyl adjacent to an activating group) is 1. The van der Waals surface area contributed by atoms with E-state index in [0.29, 0.717) is 5.16 Å². The maximum atomic E-state index is 12.5. The molecule has 0 unspecified atom stereocenters. The molecule has 1 aromatic heterocycles. The summed E-state index contributed by atoms with van der Waals surface area (Å²) < 4.78 is 0. The lowest BCUT2D eigenvalue weighted by molar-refractivity contribution is -0.112. The predicted octanol–water partition coefficient (Wildman–Crippen LogP) is 2.32. The molecule has 0 amide bonds. The van der Waals surface area contributed by atoms with Crippen LogP contribution in [-0.2, 0) is 10.2 Å². The summed E-state index contributed by atoms with van der Waals surface area (Å²) >= 11 is 1.17. The molecular weight excluding hydrogens is 336 g/mol. The van der Waals surface area contributed by atoms with Gasteiger partial charge in [0.2, 0.25) is 0 Å². The van der Waals surface area contributed by atoms with Gasteiger partial charge in [0, 0.05) is 36.0 Å². The Labute approximate surface area is 150 Å².